The normalized spacial score (nSPS) is 25.5. The van der Waals surface area contributed by atoms with Crippen LogP contribution in [0.1, 0.15) is 45.6 Å². The van der Waals surface area contributed by atoms with Crippen molar-refractivity contribution >= 4 is 17.5 Å². The molecule has 134 valence electrons. The van der Waals surface area contributed by atoms with Crippen molar-refractivity contribution < 1.29 is 9.90 Å². The molecule has 1 aliphatic rings. The number of benzene rings is 1. The Morgan fingerprint density at radius 2 is 1.96 bits per heavy atom. The van der Waals surface area contributed by atoms with Crippen molar-refractivity contribution in [1.29, 1.82) is 0 Å². The topological polar surface area (TPSA) is 49.3 Å². The molecule has 3 nitrogen and oxygen atoms in total. The standard InChI is InChI=1S/C20H30ClNO2/c1-13(2)18-9-4-14(3)10-19(18)20(24)22-17(12-23)11-15-5-7-16(21)8-6-15/h5-8,13-14,17-19,23H,4,9-12H2,1-3H3,(H,22,24)/t14-,17?,18+,19-/m1/s1. The highest BCUT2D eigenvalue weighted by molar-refractivity contribution is 6.30. The number of carbonyl (C=O) groups is 1. The van der Waals surface area contributed by atoms with Crippen LogP contribution >= 0.6 is 11.6 Å². The van der Waals surface area contributed by atoms with Crippen LogP contribution in [-0.2, 0) is 11.2 Å². The van der Waals surface area contributed by atoms with Crippen molar-refractivity contribution in [2.45, 2.75) is 52.5 Å². The van der Waals surface area contributed by atoms with Crippen LogP contribution in [-0.4, -0.2) is 23.7 Å². The van der Waals surface area contributed by atoms with Crippen LogP contribution in [0.4, 0.5) is 0 Å². The number of carbonyl (C=O) groups excluding carboxylic acids is 1. The van der Waals surface area contributed by atoms with Gasteiger partial charge in [-0.05, 0) is 54.7 Å². The molecule has 1 amide bonds. The lowest BCUT2D eigenvalue weighted by Gasteiger charge is -2.37. The van der Waals surface area contributed by atoms with E-state index in [0.29, 0.717) is 29.2 Å². The second kappa shape index (κ2) is 8.87. The molecule has 0 bridgehead atoms. The van der Waals surface area contributed by atoms with Crippen molar-refractivity contribution in [3.63, 3.8) is 0 Å². The summed E-state index contributed by atoms with van der Waals surface area (Å²) in [6.45, 7) is 6.59. The third kappa shape index (κ3) is 5.22. The largest absolute Gasteiger partial charge is 0.394 e. The predicted molar refractivity (Wildman–Crippen MR) is 99.0 cm³/mol. The summed E-state index contributed by atoms with van der Waals surface area (Å²) in [7, 11) is 0. The molecule has 24 heavy (non-hydrogen) atoms. The van der Waals surface area contributed by atoms with E-state index in [1.807, 2.05) is 24.3 Å². The molecule has 0 heterocycles. The highest BCUT2D eigenvalue weighted by Gasteiger charge is 2.35. The Bertz CT molecular complexity index is 529. The van der Waals surface area contributed by atoms with Gasteiger partial charge in [0.05, 0.1) is 12.6 Å². The molecule has 1 aromatic carbocycles. The molecule has 2 rings (SSSR count). The molecule has 1 fully saturated rings. The van der Waals surface area contributed by atoms with Crippen LogP contribution < -0.4 is 5.32 Å². The van der Waals surface area contributed by atoms with Gasteiger partial charge in [0.2, 0.25) is 5.91 Å². The first-order chi connectivity index (χ1) is 11.4. The highest BCUT2D eigenvalue weighted by Crippen LogP contribution is 2.38. The zero-order valence-electron chi connectivity index (χ0n) is 15.0. The summed E-state index contributed by atoms with van der Waals surface area (Å²) in [6.07, 6.45) is 3.90. The molecule has 0 radical (unpaired) electrons. The zero-order chi connectivity index (χ0) is 17.7. The lowest BCUT2D eigenvalue weighted by Crippen LogP contribution is -2.46. The van der Waals surface area contributed by atoms with Gasteiger partial charge in [0.1, 0.15) is 0 Å². The second-order valence-corrected chi connectivity index (χ2v) is 8.09. The Labute approximate surface area is 150 Å². The fourth-order valence-corrected chi connectivity index (χ4v) is 4.00. The number of rotatable bonds is 6. The summed E-state index contributed by atoms with van der Waals surface area (Å²) in [6, 6.07) is 7.31. The molecule has 4 atom stereocenters. The Morgan fingerprint density at radius 3 is 2.54 bits per heavy atom. The van der Waals surface area contributed by atoms with Gasteiger partial charge in [-0.15, -0.1) is 0 Å². The number of amides is 1. The fourth-order valence-electron chi connectivity index (χ4n) is 3.88. The summed E-state index contributed by atoms with van der Waals surface area (Å²) in [4.78, 5) is 12.8. The average molecular weight is 352 g/mol. The number of hydrogen-bond acceptors (Lipinski definition) is 2. The van der Waals surface area contributed by atoms with Crippen molar-refractivity contribution in [3.05, 3.63) is 34.9 Å². The minimum Gasteiger partial charge on any atom is -0.394 e. The van der Waals surface area contributed by atoms with E-state index in [-0.39, 0.29) is 24.5 Å². The van der Waals surface area contributed by atoms with Crippen LogP contribution in [0.25, 0.3) is 0 Å². The maximum atomic E-state index is 12.8. The molecule has 4 heteroatoms. The highest BCUT2D eigenvalue weighted by atomic mass is 35.5. The monoisotopic (exact) mass is 351 g/mol. The van der Waals surface area contributed by atoms with E-state index in [4.69, 9.17) is 11.6 Å². The van der Waals surface area contributed by atoms with E-state index in [1.54, 1.807) is 0 Å². The zero-order valence-corrected chi connectivity index (χ0v) is 15.7. The summed E-state index contributed by atoms with van der Waals surface area (Å²) in [5, 5.41) is 13.5. The van der Waals surface area contributed by atoms with Crippen molar-refractivity contribution in [2.24, 2.45) is 23.7 Å². The second-order valence-electron chi connectivity index (χ2n) is 7.65. The van der Waals surface area contributed by atoms with Gasteiger partial charge >= 0.3 is 0 Å². The number of nitrogens with one attached hydrogen (secondary N) is 1. The van der Waals surface area contributed by atoms with E-state index in [0.717, 1.165) is 18.4 Å². The first-order valence-corrected chi connectivity index (χ1v) is 9.44. The third-order valence-corrected chi connectivity index (χ3v) is 5.57. The van der Waals surface area contributed by atoms with Crippen molar-refractivity contribution in [1.82, 2.24) is 5.32 Å². The van der Waals surface area contributed by atoms with E-state index in [2.05, 4.69) is 26.1 Å². The van der Waals surface area contributed by atoms with Gasteiger partial charge in [-0.1, -0.05) is 50.9 Å². The van der Waals surface area contributed by atoms with Gasteiger partial charge in [0, 0.05) is 10.9 Å². The summed E-state index contributed by atoms with van der Waals surface area (Å²) < 4.78 is 0. The molecule has 1 aliphatic carbocycles. The van der Waals surface area contributed by atoms with E-state index >= 15 is 0 Å². The van der Waals surface area contributed by atoms with Crippen molar-refractivity contribution in [3.8, 4) is 0 Å². The molecule has 0 aliphatic heterocycles. The van der Waals surface area contributed by atoms with Crippen LogP contribution in [0, 0.1) is 23.7 Å². The Morgan fingerprint density at radius 1 is 1.29 bits per heavy atom. The van der Waals surface area contributed by atoms with Crippen molar-refractivity contribution in [2.75, 3.05) is 6.61 Å². The maximum Gasteiger partial charge on any atom is 0.223 e. The van der Waals surface area contributed by atoms with Crippen LogP contribution in [0.3, 0.4) is 0 Å². The molecule has 0 saturated heterocycles. The molecule has 1 unspecified atom stereocenters. The number of aliphatic hydroxyl groups is 1. The molecular weight excluding hydrogens is 322 g/mol. The third-order valence-electron chi connectivity index (χ3n) is 5.32. The molecule has 0 aromatic heterocycles. The SMILES string of the molecule is CC(C)[C@@H]1CC[C@@H](C)C[C@H]1C(=O)NC(CO)Cc1ccc(Cl)cc1. The first kappa shape index (κ1) is 19.3. The minimum absolute atomic E-state index is 0.0526. The molecule has 0 spiro atoms. The van der Waals surface area contributed by atoms with Crippen LogP contribution in [0.15, 0.2) is 24.3 Å². The van der Waals surface area contributed by atoms with Crippen LogP contribution in [0.2, 0.25) is 5.02 Å². The summed E-state index contributed by atoms with van der Waals surface area (Å²) >= 11 is 5.91. The van der Waals surface area contributed by atoms with Gasteiger partial charge in [0.15, 0.2) is 0 Å². The lowest BCUT2D eigenvalue weighted by atomic mass is 9.69. The molecule has 1 saturated carbocycles. The summed E-state index contributed by atoms with van der Waals surface area (Å²) in [5.74, 6) is 1.72. The first-order valence-electron chi connectivity index (χ1n) is 9.06. The van der Waals surface area contributed by atoms with Gasteiger partial charge in [-0.3, -0.25) is 4.79 Å². The van der Waals surface area contributed by atoms with Crippen LogP contribution in [0.5, 0.6) is 0 Å². The Hall–Kier alpha value is -1.06. The number of halogens is 1. The minimum atomic E-state index is -0.247. The van der Waals surface area contributed by atoms with Gasteiger partial charge in [-0.25, -0.2) is 0 Å². The fraction of sp³-hybridized carbons (Fsp3) is 0.650. The molecule has 1 aromatic rings. The van der Waals surface area contributed by atoms with Gasteiger partial charge in [-0.2, -0.15) is 0 Å². The van der Waals surface area contributed by atoms with E-state index in [1.165, 1.54) is 6.42 Å². The smallest absolute Gasteiger partial charge is 0.223 e. The molecule has 2 N–H and O–H groups in total. The lowest BCUT2D eigenvalue weighted by molar-refractivity contribution is -0.130. The van der Waals surface area contributed by atoms with Gasteiger partial charge in [0.25, 0.3) is 0 Å². The quantitative estimate of drug-likeness (QED) is 0.811. The Balaban J connectivity index is 2.00. The van der Waals surface area contributed by atoms with E-state index < -0.39 is 0 Å². The Kier molecular flexibility index (Phi) is 7.12. The predicted octanol–water partition coefficient (Wildman–Crippen LogP) is 4.07. The average Bonchev–Trinajstić information content (AvgIpc) is 2.55. The number of aliphatic hydroxyl groups excluding tert-OH is 1. The molecular formula is C20H30ClNO2. The number of hydrogen-bond donors (Lipinski definition) is 2. The van der Waals surface area contributed by atoms with E-state index in [9.17, 15) is 9.90 Å². The van der Waals surface area contributed by atoms with Gasteiger partial charge < -0.3 is 10.4 Å². The summed E-state index contributed by atoms with van der Waals surface area (Å²) in [5.41, 5.74) is 1.07. The maximum absolute atomic E-state index is 12.8.